The zero-order chi connectivity index (χ0) is 22.8. The average molecular weight is 454 g/mol. The van der Waals surface area contributed by atoms with E-state index in [0.29, 0.717) is 11.1 Å². The number of halogens is 3. The summed E-state index contributed by atoms with van der Waals surface area (Å²) in [5, 5.41) is 2.76. The normalized spacial score (nSPS) is 18.6. The molecule has 3 rings (SSSR count). The second-order valence-corrected chi connectivity index (χ2v) is 8.21. The van der Waals surface area contributed by atoms with E-state index in [1.807, 2.05) is 5.32 Å². The number of amides is 3. The quantitative estimate of drug-likeness (QED) is 0.699. The summed E-state index contributed by atoms with van der Waals surface area (Å²) in [4.78, 5) is 35.6. The molecule has 0 saturated carbocycles. The van der Waals surface area contributed by atoms with Gasteiger partial charge in [-0.25, -0.2) is 4.21 Å². The van der Waals surface area contributed by atoms with Crippen LogP contribution in [0.25, 0.3) is 0 Å². The zero-order valence-corrected chi connectivity index (χ0v) is 16.9. The minimum atomic E-state index is -4.43. The summed E-state index contributed by atoms with van der Waals surface area (Å²) in [6.07, 6.45) is -4.41. The van der Waals surface area contributed by atoms with Gasteiger partial charge in [-0.2, -0.15) is 13.2 Å². The number of hydrogen-bond acceptors (Lipinski definition) is 5. The number of carbonyl (C=O) groups is 3. The molecule has 0 aliphatic carbocycles. The molecular weight excluding hydrogens is 437 g/mol. The third-order valence-electron chi connectivity index (χ3n) is 4.62. The van der Waals surface area contributed by atoms with Crippen molar-refractivity contribution in [1.29, 1.82) is 0 Å². The minimum absolute atomic E-state index is 0.00517. The largest absolute Gasteiger partial charge is 0.496 e. The van der Waals surface area contributed by atoms with E-state index in [1.54, 1.807) is 6.07 Å². The second-order valence-electron chi connectivity index (χ2n) is 6.68. The van der Waals surface area contributed by atoms with Gasteiger partial charge in [0, 0.05) is 6.54 Å². The number of hydrogen-bond donors (Lipinski definition) is 2. The summed E-state index contributed by atoms with van der Waals surface area (Å²) in [7, 11) is -0.637. The Kier molecular flexibility index (Phi) is 6.44. The highest BCUT2D eigenvalue weighted by Gasteiger charge is 2.38. The molecule has 2 aromatic carbocycles. The van der Waals surface area contributed by atoms with Gasteiger partial charge in [0.1, 0.15) is 21.8 Å². The van der Waals surface area contributed by atoms with Crippen LogP contribution in [0.1, 0.15) is 27.0 Å². The predicted octanol–water partition coefficient (Wildman–Crippen LogP) is 2.55. The molecule has 0 aromatic heterocycles. The smallest absolute Gasteiger partial charge is 0.416 e. The van der Waals surface area contributed by atoms with Crippen molar-refractivity contribution < 1.29 is 36.5 Å². The number of ether oxygens (including phenoxy) is 1. The van der Waals surface area contributed by atoms with Gasteiger partial charge in [0.15, 0.2) is 0 Å². The second kappa shape index (κ2) is 8.88. The van der Waals surface area contributed by atoms with E-state index in [0.717, 1.165) is 12.1 Å². The maximum atomic E-state index is 12.6. The van der Waals surface area contributed by atoms with E-state index in [1.165, 1.54) is 31.4 Å². The lowest BCUT2D eigenvalue weighted by Crippen LogP contribution is -2.26. The Hall–Kier alpha value is -3.21. The Labute approximate surface area is 177 Å². The number of rotatable bonds is 6. The molecule has 2 aromatic rings. The lowest BCUT2D eigenvalue weighted by molar-refractivity contribution is -0.137. The van der Waals surface area contributed by atoms with Gasteiger partial charge in [-0.1, -0.05) is 18.2 Å². The fourth-order valence-electron chi connectivity index (χ4n) is 2.98. The van der Waals surface area contributed by atoms with Gasteiger partial charge in [0.25, 0.3) is 5.91 Å². The van der Waals surface area contributed by atoms with Crippen LogP contribution in [0.15, 0.2) is 42.5 Å². The molecule has 1 saturated heterocycles. The highest BCUT2D eigenvalue weighted by atomic mass is 32.2. The standard InChI is InChI=1S/C20H17F3N2O5S/c1-30-15-8-12(9-16-18(27)25-19(28)31(16)29)4-7-14(15)17(26)24-10-11-2-5-13(6-3-11)20(21,22)23/h2-8,16H,9-10H2,1H3,(H,24,26)(H,25,27,28). The average Bonchev–Trinajstić information content (AvgIpc) is 2.97. The monoisotopic (exact) mass is 454 g/mol. The van der Waals surface area contributed by atoms with Gasteiger partial charge < -0.3 is 10.1 Å². The van der Waals surface area contributed by atoms with Gasteiger partial charge in [-0.3, -0.25) is 19.7 Å². The molecule has 0 bridgehead atoms. The summed E-state index contributed by atoms with van der Waals surface area (Å²) < 4.78 is 55.0. The first kappa shape index (κ1) is 22.5. The number of nitrogens with one attached hydrogen (secondary N) is 2. The first-order valence-electron chi connectivity index (χ1n) is 8.97. The van der Waals surface area contributed by atoms with Crippen LogP contribution in [-0.4, -0.2) is 33.6 Å². The van der Waals surface area contributed by atoms with Crippen molar-refractivity contribution in [2.24, 2.45) is 0 Å². The molecule has 1 fully saturated rings. The summed E-state index contributed by atoms with van der Waals surface area (Å²) in [5.74, 6) is -0.945. The lowest BCUT2D eigenvalue weighted by Gasteiger charge is -2.13. The van der Waals surface area contributed by atoms with Crippen molar-refractivity contribution in [3.05, 3.63) is 64.7 Å². The molecule has 3 amide bonds. The van der Waals surface area contributed by atoms with Crippen LogP contribution in [-0.2, 0) is 34.7 Å². The molecule has 2 atom stereocenters. The van der Waals surface area contributed by atoms with Crippen molar-refractivity contribution in [2.45, 2.75) is 24.4 Å². The summed E-state index contributed by atoms with van der Waals surface area (Å²) in [5.41, 5.74) is 0.417. The van der Waals surface area contributed by atoms with Crippen LogP contribution in [0.4, 0.5) is 18.0 Å². The molecule has 11 heteroatoms. The van der Waals surface area contributed by atoms with Crippen LogP contribution in [0.3, 0.4) is 0 Å². The van der Waals surface area contributed by atoms with Crippen molar-refractivity contribution in [3.63, 3.8) is 0 Å². The molecule has 0 spiro atoms. The van der Waals surface area contributed by atoms with Crippen molar-refractivity contribution in [2.75, 3.05) is 7.11 Å². The number of benzene rings is 2. The molecule has 2 N–H and O–H groups in total. The Morgan fingerprint density at radius 3 is 2.32 bits per heavy atom. The van der Waals surface area contributed by atoms with E-state index in [-0.39, 0.29) is 24.3 Å². The number of carbonyl (C=O) groups excluding carboxylic acids is 3. The maximum absolute atomic E-state index is 12.6. The summed E-state index contributed by atoms with van der Waals surface area (Å²) in [6, 6.07) is 8.92. The van der Waals surface area contributed by atoms with Crippen LogP contribution < -0.4 is 15.4 Å². The SMILES string of the molecule is COc1cc(CC2C(=O)NC(=O)S2=O)ccc1C(=O)NCc1ccc(C(F)(F)F)cc1. The fraction of sp³-hybridized carbons (Fsp3) is 0.250. The molecule has 1 heterocycles. The molecule has 31 heavy (non-hydrogen) atoms. The van der Waals surface area contributed by atoms with E-state index < -0.39 is 44.8 Å². The first-order chi connectivity index (χ1) is 14.6. The van der Waals surface area contributed by atoms with Crippen molar-refractivity contribution >= 4 is 27.9 Å². The van der Waals surface area contributed by atoms with Crippen LogP contribution in [0.2, 0.25) is 0 Å². The predicted molar refractivity (Wildman–Crippen MR) is 105 cm³/mol. The minimum Gasteiger partial charge on any atom is -0.496 e. The molecular formula is C20H17F3N2O5S. The van der Waals surface area contributed by atoms with E-state index >= 15 is 0 Å². The topological polar surface area (TPSA) is 102 Å². The van der Waals surface area contributed by atoms with Crippen LogP contribution in [0, 0.1) is 0 Å². The molecule has 7 nitrogen and oxygen atoms in total. The van der Waals surface area contributed by atoms with Gasteiger partial charge in [0.05, 0.1) is 18.2 Å². The van der Waals surface area contributed by atoms with Crippen LogP contribution >= 0.6 is 0 Å². The highest BCUT2D eigenvalue weighted by Crippen LogP contribution is 2.29. The maximum Gasteiger partial charge on any atom is 0.416 e. The Balaban J connectivity index is 1.68. The van der Waals surface area contributed by atoms with E-state index in [2.05, 4.69) is 5.32 Å². The molecule has 1 aliphatic heterocycles. The first-order valence-corrected chi connectivity index (χ1v) is 10.2. The fourth-order valence-corrected chi connectivity index (χ4v) is 4.04. The van der Waals surface area contributed by atoms with Gasteiger partial charge >= 0.3 is 11.4 Å². The number of imide groups is 1. The lowest BCUT2D eigenvalue weighted by atomic mass is 10.0. The number of methoxy groups -OCH3 is 1. The Bertz CT molecular complexity index is 1050. The number of alkyl halides is 3. The summed E-state index contributed by atoms with van der Waals surface area (Å²) >= 11 is 0. The van der Waals surface area contributed by atoms with E-state index in [4.69, 9.17) is 4.74 Å². The van der Waals surface area contributed by atoms with Crippen molar-refractivity contribution in [1.82, 2.24) is 10.6 Å². The third kappa shape index (κ3) is 5.10. The van der Waals surface area contributed by atoms with Gasteiger partial charge in [-0.15, -0.1) is 0 Å². The van der Waals surface area contributed by atoms with Gasteiger partial charge in [-0.05, 0) is 41.8 Å². The van der Waals surface area contributed by atoms with Gasteiger partial charge in [0.2, 0.25) is 5.91 Å². The van der Waals surface area contributed by atoms with E-state index in [9.17, 15) is 31.8 Å². The molecule has 1 aliphatic rings. The van der Waals surface area contributed by atoms with Crippen molar-refractivity contribution in [3.8, 4) is 5.75 Å². The Morgan fingerprint density at radius 1 is 1.13 bits per heavy atom. The third-order valence-corrected chi connectivity index (χ3v) is 5.99. The zero-order valence-electron chi connectivity index (χ0n) is 16.1. The highest BCUT2D eigenvalue weighted by molar-refractivity contribution is 8.02. The molecule has 164 valence electrons. The molecule has 0 radical (unpaired) electrons. The Morgan fingerprint density at radius 2 is 1.77 bits per heavy atom. The van der Waals surface area contributed by atoms with Crippen LogP contribution in [0.5, 0.6) is 5.75 Å². The summed E-state index contributed by atoms with van der Waals surface area (Å²) in [6.45, 7) is 0.00517. The molecule has 2 unspecified atom stereocenters.